The maximum atomic E-state index is 9.27. The SMILES string of the molecule is CCn1c(CNc2ccc(O)cc2)nc2cccnc21. The zero-order valence-electron chi connectivity index (χ0n) is 11.2. The summed E-state index contributed by atoms with van der Waals surface area (Å²) in [4.78, 5) is 8.98. The molecule has 3 rings (SSSR count). The fourth-order valence-corrected chi connectivity index (χ4v) is 2.23. The molecule has 0 radical (unpaired) electrons. The van der Waals surface area contributed by atoms with Crippen LogP contribution < -0.4 is 5.32 Å². The number of benzene rings is 1. The fraction of sp³-hybridized carbons (Fsp3) is 0.200. The normalized spacial score (nSPS) is 10.8. The van der Waals surface area contributed by atoms with Crippen LogP contribution >= 0.6 is 0 Å². The van der Waals surface area contributed by atoms with E-state index in [0.717, 1.165) is 29.2 Å². The van der Waals surface area contributed by atoms with Crippen LogP contribution in [0.5, 0.6) is 5.75 Å². The first-order chi connectivity index (χ1) is 9.78. The number of aromatic hydroxyl groups is 1. The van der Waals surface area contributed by atoms with Crippen molar-refractivity contribution in [2.45, 2.75) is 20.0 Å². The minimum absolute atomic E-state index is 0.264. The van der Waals surface area contributed by atoms with Gasteiger partial charge in [0.25, 0.3) is 0 Å². The molecule has 0 amide bonds. The summed E-state index contributed by atoms with van der Waals surface area (Å²) in [6.45, 7) is 3.54. The third kappa shape index (κ3) is 2.30. The van der Waals surface area contributed by atoms with Crippen molar-refractivity contribution in [2.24, 2.45) is 0 Å². The molecule has 0 atom stereocenters. The quantitative estimate of drug-likeness (QED) is 0.714. The number of nitrogens with one attached hydrogen (secondary N) is 1. The van der Waals surface area contributed by atoms with Gasteiger partial charge in [0, 0.05) is 18.4 Å². The highest BCUT2D eigenvalue weighted by molar-refractivity contribution is 5.71. The van der Waals surface area contributed by atoms with Gasteiger partial charge in [-0.2, -0.15) is 0 Å². The maximum absolute atomic E-state index is 9.27. The molecule has 5 nitrogen and oxygen atoms in total. The Kier molecular flexibility index (Phi) is 3.25. The average Bonchev–Trinajstić information content (AvgIpc) is 2.84. The summed E-state index contributed by atoms with van der Waals surface area (Å²) < 4.78 is 2.10. The summed E-state index contributed by atoms with van der Waals surface area (Å²) in [7, 11) is 0. The molecule has 20 heavy (non-hydrogen) atoms. The van der Waals surface area contributed by atoms with Gasteiger partial charge < -0.3 is 15.0 Å². The zero-order chi connectivity index (χ0) is 13.9. The molecule has 0 aliphatic carbocycles. The van der Waals surface area contributed by atoms with Gasteiger partial charge in [-0.15, -0.1) is 0 Å². The molecule has 2 N–H and O–H groups in total. The number of imidazole rings is 1. The monoisotopic (exact) mass is 268 g/mol. The number of anilines is 1. The number of hydrogen-bond acceptors (Lipinski definition) is 4. The third-order valence-corrected chi connectivity index (χ3v) is 3.22. The van der Waals surface area contributed by atoms with E-state index >= 15 is 0 Å². The molecule has 2 aromatic heterocycles. The molecule has 3 aromatic rings. The molecule has 0 aliphatic rings. The Morgan fingerprint density at radius 2 is 2.00 bits per heavy atom. The number of nitrogens with zero attached hydrogens (tertiary/aromatic N) is 3. The Hall–Kier alpha value is -2.56. The number of aromatic nitrogens is 3. The molecule has 0 spiro atoms. The van der Waals surface area contributed by atoms with Gasteiger partial charge >= 0.3 is 0 Å². The number of pyridine rings is 1. The minimum Gasteiger partial charge on any atom is -0.508 e. The molecule has 5 heteroatoms. The van der Waals surface area contributed by atoms with Crippen LogP contribution in [-0.4, -0.2) is 19.6 Å². The van der Waals surface area contributed by atoms with Crippen molar-refractivity contribution in [3.8, 4) is 5.75 Å². The number of hydrogen-bond donors (Lipinski definition) is 2. The van der Waals surface area contributed by atoms with E-state index in [1.165, 1.54) is 0 Å². The Morgan fingerprint density at radius 1 is 1.20 bits per heavy atom. The lowest BCUT2D eigenvalue weighted by atomic mass is 10.3. The highest BCUT2D eigenvalue weighted by Crippen LogP contribution is 2.17. The van der Waals surface area contributed by atoms with Gasteiger partial charge in [0.2, 0.25) is 0 Å². The molecular formula is C15H16N4O. The molecule has 1 aromatic carbocycles. The zero-order valence-corrected chi connectivity index (χ0v) is 11.2. The first-order valence-corrected chi connectivity index (χ1v) is 6.61. The van der Waals surface area contributed by atoms with Crippen LogP contribution in [0.25, 0.3) is 11.2 Å². The summed E-state index contributed by atoms with van der Waals surface area (Å²) in [6, 6.07) is 10.9. The molecule has 0 fully saturated rings. The van der Waals surface area contributed by atoms with Crippen molar-refractivity contribution in [1.82, 2.24) is 14.5 Å². The first-order valence-electron chi connectivity index (χ1n) is 6.61. The van der Waals surface area contributed by atoms with Crippen molar-refractivity contribution in [2.75, 3.05) is 5.32 Å². The van der Waals surface area contributed by atoms with Crippen LogP contribution in [0.15, 0.2) is 42.6 Å². The van der Waals surface area contributed by atoms with E-state index in [1.807, 2.05) is 24.3 Å². The van der Waals surface area contributed by atoms with Gasteiger partial charge in [-0.1, -0.05) is 0 Å². The van der Waals surface area contributed by atoms with Crippen LogP contribution in [0, 0.1) is 0 Å². The van der Waals surface area contributed by atoms with Crippen molar-refractivity contribution >= 4 is 16.9 Å². The van der Waals surface area contributed by atoms with E-state index in [9.17, 15) is 5.11 Å². The van der Waals surface area contributed by atoms with Crippen LogP contribution in [-0.2, 0) is 13.1 Å². The van der Waals surface area contributed by atoms with Crippen LogP contribution in [0.3, 0.4) is 0 Å². The van der Waals surface area contributed by atoms with Crippen molar-refractivity contribution in [1.29, 1.82) is 0 Å². The molecule has 0 unspecified atom stereocenters. The Bertz CT molecular complexity index is 718. The summed E-state index contributed by atoms with van der Waals surface area (Å²) >= 11 is 0. The van der Waals surface area contributed by atoms with E-state index < -0.39 is 0 Å². The topological polar surface area (TPSA) is 63.0 Å². The molecular weight excluding hydrogens is 252 g/mol. The van der Waals surface area contributed by atoms with Crippen LogP contribution in [0.4, 0.5) is 5.69 Å². The van der Waals surface area contributed by atoms with Gasteiger partial charge in [0.1, 0.15) is 17.1 Å². The number of aryl methyl sites for hydroxylation is 1. The van der Waals surface area contributed by atoms with Gasteiger partial charge in [-0.3, -0.25) is 0 Å². The standard InChI is InChI=1S/C15H16N4O/c1-2-19-14(18-13-4-3-9-16-15(13)19)10-17-11-5-7-12(20)8-6-11/h3-9,17,20H,2,10H2,1H3. The summed E-state index contributed by atoms with van der Waals surface area (Å²) in [5, 5.41) is 12.6. The molecule has 0 aliphatic heterocycles. The second-order valence-corrected chi connectivity index (χ2v) is 4.52. The molecule has 0 saturated heterocycles. The van der Waals surface area contributed by atoms with E-state index in [2.05, 4.69) is 26.8 Å². The summed E-state index contributed by atoms with van der Waals surface area (Å²) in [5.41, 5.74) is 2.78. The van der Waals surface area contributed by atoms with E-state index in [4.69, 9.17) is 0 Å². The predicted molar refractivity (Wildman–Crippen MR) is 78.6 cm³/mol. The van der Waals surface area contributed by atoms with Gasteiger partial charge in [-0.05, 0) is 43.3 Å². The lowest BCUT2D eigenvalue weighted by molar-refractivity contribution is 0.475. The average molecular weight is 268 g/mol. The largest absolute Gasteiger partial charge is 0.508 e. The third-order valence-electron chi connectivity index (χ3n) is 3.22. The Balaban J connectivity index is 1.85. The summed E-state index contributed by atoms with van der Waals surface area (Å²) in [5.74, 6) is 1.22. The van der Waals surface area contributed by atoms with Gasteiger partial charge in [-0.25, -0.2) is 9.97 Å². The van der Waals surface area contributed by atoms with Gasteiger partial charge in [0.05, 0.1) is 6.54 Å². The highest BCUT2D eigenvalue weighted by atomic mass is 16.3. The maximum Gasteiger partial charge on any atom is 0.160 e. The second kappa shape index (κ2) is 5.21. The summed E-state index contributed by atoms with van der Waals surface area (Å²) in [6.07, 6.45) is 1.79. The Morgan fingerprint density at radius 3 is 2.75 bits per heavy atom. The van der Waals surface area contributed by atoms with Crippen molar-refractivity contribution in [3.63, 3.8) is 0 Å². The van der Waals surface area contributed by atoms with Crippen molar-refractivity contribution in [3.05, 3.63) is 48.4 Å². The second-order valence-electron chi connectivity index (χ2n) is 4.52. The smallest absolute Gasteiger partial charge is 0.160 e. The lowest BCUT2D eigenvalue weighted by Crippen LogP contribution is -2.08. The minimum atomic E-state index is 0.264. The van der Waals surface area contributed by atoms with Gasteiger partial charge in [0.15, 0.2) is 5.65 Å². The molecule has 102 valence electrons. The number of phenols is 1. The van der Waals surface area contributed by atoms with E-state index in [1.54, 1.807) is 18.3 Å². The van der Waals surface area contributed by atoms with Crippen molar-refractivity contribution < 1.29 is 5.11 Å². The number of rotatable bonds is 4. The van der Waals surface area contributed by atoms with Crippen LogP contribution in [0.1, 0.15) is 12.7 Å². The Labute approximate surface area is 116 Å². The van der Waals surface area contributed by atoms with E-state index in [-0.39, 0.29) is 5.75 Å². The highest BCUT2D eigenvalue weighted by Gasteiger charge is 2.09. The predicted octanol–water partition coefficient (Wildman–Crippen LogP) is 2.77. The fourth-order valence-electron chi connectivity index (χ4n) is 2.23. The number of phenolic OH excluding ortho intramolecular Hbond substituents is 1. The number of fused-ring (bicyclic) bond motifs is 1. The van der Waals surface area contributed by atoms with E-state index in [0.29, 0.717) is 6.54 Å². The first kappa shape index (κ1) is 12.5. The molecule has 2 heterocycles. The molecule has 0 saturated carbocycles. The molecule has 0 bridgehead atoms. The lowest BCUT2D eigenvalue weighted by Gasteiger charge is -2.08. The van der Waals surface area contributed by atoms with Crippen LogP contribution in [0.2, 0.25) is 0 Å².